The largest absolute Gasteiger partial charge is 0.462 e. The molecule has 7 heteroatoms. The predicted molar refractivity (Wildman–Crippen MR) is 114 cm³/mol. The molecule has 1 heterocycles. The topological polar surface area (TPSA) is 71.5 Å². The number of ether oxygens (including phenoxy) is 1. The summed E-state index contributed by atoms with van der Waals surface area (Å²) in [7, 11) is 0. The van der Waals surface area contributed by atoms with E-state index in [4.69, 9.17) is 4.74 Å². The molecule has 146 valence electrons. The smallest absolute Gasteiger partial charge is 0.338 e. The van der Waals surface area contributed by atoms with Gasteiger partial charge in [0.05, 0.1) is 22.4 Å². The summed E-state index contributed by atoms with van der Waals surface area (Å²) in [6, 6.07) is 12.7. The van der Waals surface area contributed by atoms with Crippen molar-refractivity contribution in [2.45, 2.75) is 20.8 Å². The first-order valence-corrected chi connectivity index (χ1v) is 10.1. The van der Waals surface area contributed by atoms with E-state index >= 15 is 0 Å². The van der Waals surface area contributed by atoms with E-state index < -0.39 is 0 Å². The monoisotopic (exact) mass is 397 g/mol. The molecule has 2 aromatic carbocycles. The van der Waals surface area contributed by atoms with Gasteiger partial charge in [0.25, 0.3) is 5.91 Å². The number of nitrogens with one attached hydrogen (secondary N) is 1. The van der Waals surface area contributed by atoms with E-state index in [0.29, 0.717) is 22.9 Å². The number of thiazole rings is 1. The van der Waals surface area contributed by atoms with E-state index in [0.717, 1.165) is 29.0 Å². The summed E-state index contributed by atoms with van der Waals surface area (Å²) in [4.78, 5) is 31.0. The highest BCUT2D eigenvalue weighted by Gasteiger charge is 2.13. The van der Waals surface area contributed by atoms with Gasteiger partial charge in [-0.3, -0.25) is 10.1 Å². The van der Waals surface area contributed by atoms with Crippen molar-refractivity contribution in [3.05, 3.63) is 53.6 Å². The minimum Gasteiger partial charge on any atom is -0.462 e. The summed E-state index contributed by atoms with van der Waals surface area (Å²) in [6.45, 7) is 8.14. The number of carbonyl (C=O) groups excluding carboxylic acids is 2. The van der Waals surface area contributed by atoms with Gasteiger partial charge in [-0.05, 0) is 63.2 Å². The number of anilines is 2. The molecule has 0 saturated carbocycles. The highest BCUT2D eigenvalue weighted by atomic mass is 32.1. The fourth-order valence-electron chi connectivity index (χ4n) is 2.90. The van der Waals surface area contributed by atoms with Gasteiger partial charge in [0.2, 0.25) is 0 Å². The van der Waals surface area contributed by atoms with E-state index in [1.54, 1.807) is 25.1 Å². The molecular weight excluding hydrogens is 374 g/mol. The van der Waals surface area contributed by atoms with Crippen molar-refractivity contribution in [1.82, 2.24) is 4.98 Å². The summed E-state index contributed by atoms with van der Waals surface area (Å²) in [6.07, 6.45) is 0. The van der Waals surface area contributed by atoms with E-state index in [2.05, 4.69) is 29.0 Å². The normalized spacial score (nSPS) is 10.7. The minimum atomic E-state index is -0.364. The zero-order chi connectivity index (χ0) is 20.1. The second kappa shape index (κ2) is 8.84. The highest BCUT2D eigenvalue weighted by molar-refractivity contribution is 7.22. The Balaban J connectivity index is 1.74. The lowest BCUT2D eigenvalue weighted by Gasteiger charge is -2.20. The Hall–Kier alpha value is -2.93. The number of hydrogen-bond donors (Lipinski definition) is 1. The Kier molecular flexibility index (Phi) is 6.26. The number of aromatic nitrogens is 1. The first-order chi connectivity index (χ1) is 13.5. The molecule has 0 fully saturated rings. The molecule has 0 saturated heterocycles. The zero-order valence-corrected chi connectivity index (χ0v) is 17.0. The van der Waals surface area contributed by atoms with Gasteiger partial charge in [-0.2, -0.15) is 0 Å². The van der Waals surface area contributed by atoms with Crippen LogP contribution in [-0.4, -0.2) is 36.6 Å². The molecule has 0 aliphatic rings. The lowest BCUT2D eigenvalue weighted by Crippen LogP contribution is -2.21. The first-order valence-electron chi connectivity index (χ1n) is 9.29. The average Bonchev–Trinajstić information content (AvgIpc) is 3.11. The molecule has 0 spiro atoms. The van der Waals surface area contributed by atoms with Gasteiger partial charge in [-0.1, -0.05) is 11.3 Å². The third-order valence-corrected chi connectivity index (χ3v) is 5.31. The zero-order valence-electron chi connectivity index (χ0n) is 16.2. The van der Waals surface area contributed by atoms with Crippen LogP contribution in [0.15, 0.2) is 42.5 Å². The molecule has 1 aromatic heterocycles. The molecule has 1 N–H and O–H groups in total. The van der Waals surface area contributed by atoms with Gasteiger partial charge in [0.1, 0.15) is 0 Å². The lowest BCUT2D eigenvalue weighted by molar-refractivity contribution is 0.0526. The van der Waals surface area contributed by atoms with Crippen molar-refractivity contribution in [3.63, 3.8) is 0 Å². The molecule has 3 aromatic rings. The summed E-state index contributed by atoms with van der Waals surface area (Å²) in [5.74, 6) is -0.576. The number of rotatable bonds is 7. The van der Waals surface area contributed by atoms with Crippen LogP contribution in [-0.2, 0) is 4.74 Å². The molecular formula is C21H23N3O3S. The van der Waals surface area contributed by atoms with E-state index in [-0.39, 0.29) is 11.9 Å². The Labute approximate surface area is 168 Å². The van der Waals surface area contributed by atoms with Gasteiger partial charge >= 0.3 is 5.97 Å². The summed E-state index contributed by atoms with van der Waals surface area (Å²) in [5.41, 5.74) is 2.86. The van der Waals surface area contributed by atoms with Crippen molar-refractivity contribution >= 4 is 44.2 Å². The second-order valence-corrected chi connectivity index (χ2v) is 7.13. The highest BCUT2D eigenvalue weighted by Crippen LogP contribution is 2.27. The molecule has 28 heavy (non-hydrogen) atoms. The molecule has 0 atom stereocenters. The summed E-state index contributed by atoms with van der Waals surface area (Å²) >= 11 is 1.33. The number of esters is 1. The molecule has 1 amide bonds. The molecule has 3 rings (SSSR count). The maximum Gasteiger partial charge on any atom is 0.338 e. The van der Waals surface area contributed by atoms with Gasteiger partial charge in [0, 0.05) is 24.3 Å². The Bertz CT molecular complexity index is 978. The van der Waals surface area contributed by atoms with Crippen LogP contribution < -0.4 is 10.2 Å². The van der Waals surface area contributed by atoms with Crippen LogP contribution in [0.1, 0.15) is 41.5 Å². The average molecular weight is 398 g/mol. The number of benzene rings is 2. The van der Waals surface area contributed by atoms with Crippen molar-refractivity contribution < 1.29 is 14.3 Å². The third-order valence-electron chi connectivity index (χ3n) is 4.38. The fraction of sp³-hybridized carbons (Fsp3) is 0.286. The van der Waals surface area contributed by atoms with Crippen molar-refractivity contribution in [3.8, 4) is 0 Å². The predicted octanol–water partition coefficient (Wildman–Crippen LogP) is 4.57. The third kappa shape index (κ3) is 4.31. The fourth-order valence-corrected chi connectivity index (χ4v) is 3.80. The van der Waals surface area contributed by atoms with Gasteiger partial charge in [0.15, 0.2) is 5.13 Å². The number of amides is 1. The van der Waals surface area contributed by atoms with E-state index in [1.807, 2.05) is 24.3 Å². The Morgan fingerprint density at radius 3 is 2.36 bits per heavy atom. The number of carbonyl (C=O) groups is 2. The Morgan fingerprint density at radius 2 is 1.71 bits per heavy atom. The molecule has 0 aliphatic carbocycles. The molecule has 6 nitrogen and oxygen atoms in total. The summed E-state index contributed by atoms with van der Waals surface area (Å²) < 4.78 is 5.84. The van der Waals surface area contributed by atoms with E-state index in [9.17, 15) is 9.59 Å². The standard InChI is InChI=1S/C21H23N3O3S/c1-4-24(5-2)16-10-7-14(8-11-16)19(25)23-21-22-17-12-9-15(13-18(17)28-21)20(26)27-6-3/h7-13H,4-6H2,1-3H3,(H,22,23,25). The van der Waals surface area contributed by atoms with Gasteiger partial charge in [-0.15, -0.1) is 0 Å². The van der Waals surface area contributed by atoms with Crippen LogP contribution >= 0.6 is 11.3 Å². The van der Waals surface area contributed by atoms with Crippen molar-refractivity contribution in [2.75, 3.05) is 29.9 Å². The van der Waals surface area contributed by atoms with Crippen LogP contribution in [0.25, 0.3) is 10.2 Å². The van der Waals surface area contributed by atoms with Gasteiger partial charge < -0.3 is 9.64 Å². The van der Waals surface area contributed by atoms with Crippen LogP contribution in [0, 0.1) is 0 Å². The maximum absolute atomic E-state index is 12.5. The van der Waals surface area contributed by atoms with Crippen LogP contribution in [0.3, 0.4) is 0 Å². The number of nitrogens with zero attached hydrogens (tertiary/aromatic N) is 2. The molecule has 0 unspecified atom stereocenters. The van der Waals surface area contributed by atoms with Crippen LogP contribution in [0.2, 0.25) is 0 Å². The lowest BCUT2D eigenvalue weighted by atomic mass is 10.2. The summed E-state index contributed by atoms with van der Waals surface area (Å²) in [5, 5.41) is 3.33. The van der Waals surface area contributed by atoms with Gasteiger partial charge in [-0.25, -0.2) is 9.78 Å². The maximum atomic E-state index is 12.5. The quantitative estimate of drug-likeness (QED) is 0.591. The van der Waals surface area contributed by atoms with Crippen LogP contribution in [0.5, 0.6) is 0 Å². The SMILES string of the molecule is CCOC(=O)c1ccc2nc(NC(=O)c3ccc(N(CC)CC)cc3)sc2c1. The van der Waals surface area contributed by atoms with E-state index in [1.165, 1.54) is 11.3 Å². The molecule has 0 aliphatic heterocycles. The molecule has 0 radical (unpaired) electrons. The van der Waals surface area contributed by atoms with Crippen LogP contribution in [0.4, 0.5) is 10.8 Å². The number of hydrogen-bond acceptors (Lipinski definition) is 6. The second-order valence-electron chi connectivity index (χ2n) is 6.10. The molecule has 0 bridgehead atoms. The first kappa shape index (κ1) is 19.8. The minimum absolute atomic E-state index is 0.212. The Morgan fingerprint density at radius 1 is 1.04 bits per heavy atom. The van der Waals surface area contributed by atoms with Crippen molar-refractivity contribution in [2.24, 2.45) is 0 Å². The number of fused-ring (bicyclic) bond motifs is 1. The van der Waals surface area contributed by atoms with Crippen molar-refractivity contribution in [1.29, 1.82) is 0 Å².